The molecule has 8 heteroatoms. The van der Waals surface area contributed by atoms with Crippen molar-refractivity contribution < 1.29 is 28.7 Å². The molecule has 0 aliphatic rings. The Morgan fingerprint density at radius 1 is 0.794 bits per heavy atom. The van der Waals surface area contributed by atoms with Crippen molar-refractivity contribution in [2.75, 3.05) is 6.61 Å². The Labute approximate surface area is 200 Å². The number of carbonyl (C=O) groups is 4. The van der Waals surface area contributed by atoms with Gasteiger partial charge in [-0.1, -0.05) is 74.5 Å². The fraction of sp³-hybridized carbons (Fsp3) is 0.385. The first-order chi connectivity index (χ1) is 16.3. The Morgan fingerprint density at radius 2 is 1.38 bits per heavy atom. The van der Waals surface area contributed by atoms with Gasteiger partial charge in [0.2, 0.25) is 5.91 Å². The molecule has 2 rings (SSSR count). The summed E-state index contributed by atoms with van der Waals surface area (Å²) in [5.74, 6) is -2.39. The van der Waals surface area contributed by atoms with E-state index in [4.69, 9.17) is 9.47 Å². The molecule has 2 atom stereocenters. The lowest BCUT2D eigenvalue weighted by Gasteiger charge is -2.23. The molecule has 0 heterocycles. The van der Waals surface area contributed by atoms with Gasteiger partial charge in [-0.2, -0.15) is 0 Å². The van der Waals surface area contributed by atoms with Gasteiger partial charge in [0, 0.05) is 6.42 Å². The van der Waals surface area contributed by atoms with Crippen LogP contribution < -0.4 is 10.6 Å². The van der Waals surface area contributed by atoms with E-state index in [1.807, 2.05) is 74.5 Å². The van der Waals surface area contributed by atoms with Crippen LogP contribution in [0.3, 0.4) is 0 Å². The van der Waals surface area contributed by atoms with E-state index in [1.54, 1.807) is 6.92 Å². The molecule has 0 saturated carbocycles. The van der Waals surface area contributed by atoms with E-state index in [2.05, 4.69) is 10.6 Å². The zero-order chi connectivity index (χ0) is 24.9. The topological polar surface area (TPSA) is 111 Å². The fourth-order valence-electron chi connectivity index (χ4n) is 3.29. The molecule has 0 fully saturated rings. The van der Waals surface area contributed by atoms with Gasteiger partial charge in [-0.15, -0.1) is 0 Å². The van der Waals surface area contributed by atoms with Crippen molar-refractivity contribution >= 4 is 23.8 Å². The molecule has 0 unspecified atom stereocenters. The predicted octanol–water partition coefficient (Wildman–Crippen LogP) is 3.19. The zero-order valence-corrected chi connectivity index (χ0v) is 19.8. The standard InChI is InChI=1S/C26H32N2O6/c1-4-33-25(31)23(29)21(15-18(2)3)27-24(30)22(16-19-11-7-5-8-12-19)28-26(32)34-17-20-13-9-6-10-14-20/h5-14,18,21-22H,4,15-17H2,1-3H3,(H,27,30)(H,28,32)/t21-,22-/m0/s1. The maximum Gasteiger partial charge on any atom is 0.408 e. The van der Waals surface area contributed by atoms with Crippen LogP contribution in [0.1, 0.15) is 38.3 Å². The minimum absolute atomic E-state index is 0.0278. The number of esters is 1. The molecule has 182 valence electrons. The maximum atomic E-state index is 13.1. The highest BCUT2D eigenvalue weighted by Crippen LogP contribution is 2.10. The molecule has 34 heavy (non-hydrogen) atoms. The summed E-state index contributed by atoms with van der Waals surface area (Å²) in [5, 5.41) is 5.21. The lowest BCUT2D eigenvalue weighted by Crippen LogP contribution is -2.54. The van der Waals surface area contributed by atoms with Gasteiger partial charge < -0.3 is 20.1 Å². The summed E-state index contributed by atoms with van der Waals surface area (Å²) in [4.78, 5) is 50.2. The van der Waals surface area contributed by atoms with Crippen LogP contribution in [0.4, 0.5) is 4.79 Å². The molecule has 2 aromatic rings. The van der Waals surface area contributed by atoms with Crippen molar-refractivity contribution in [3.8, 4) is 0 Å². The maximum absolute atomic E-state index is 13.1. The third kappa shape index (κ3) is 9.05. The Morgan fingerprint density at radius 3 is 1.94 bits per heavy atom. The average Bonchev–Trinajstić information content (AvgIpc) is 2.82. The number of amides is 2. The summed E-state index contributed by atoms with van der Waals surface area (Å²) in [6, 6.07) is 16.2. The molecule has 2 N–H and O–H groups in total. The molecule has 0 aliphatic heterocycles. The third-order valence-electron chi connectivity index (χ3n) is 4.92. The molecular weight excluding hydrogens is 436 g/mol. The smallest absolute Gasteiger partial charge is 0.408 e. The van der Waals surface area contributed by atoms with Gasteiger partial charge in [0.1, 0.15) is 12.6 Å². The lowest BCUT2D eigenvalue weighted by molar-refractivity contribution is -0.154. The van der Waals surface area contributed by atoms with Crippen molar-refractivity contribution in [2.45, 2.75) is 52.3 Å². The second-order valence-corrected chi connectivity index (χ2v) is 8.22. The first-order valence-electron chi connectivity index (χ1n) is 11.3. The van der Waals surface area contributed by atoms with Gasteiger partial charge >= 0.3 is 12.1 Å². The summed E-state index contributed by atoms with van der Waals surface area (Å²) < 4.78 is 10.1. The molecule has 2 amide bonds. The van der Waals surface area contributed by atoms with Gasteiger partial charge in [-0.25, -0.2) is 9.59 Å². The highest BCUT2D eigenvalue weighted by Gasteiger charge is 2.31. The van der Waals surface area contributed by atoms with Crippen LogP contribution in [0.2, 0.25) is 0 Å². The summed E-state index contributed by atoms with van der Waals surface area (Å²) in [6.45, 7) is 5.45. The Bertz CT molecular complexity index is 946. The summed E-state index contributed by atoms with van der Waals surface area (Å²) >= 11 is 0. The summed E-state index contributed by atoms with van der Waals surface area (Å²) in [6.07, 6.45) is -0.341. The SMILES string of the molecule is CCOC(=O)C(=O)[C@H](CC(C)C)NC(=O)[C@H](Cc1ccccc1)NC(=O)OCc1ccccc1. The van der Waals surface area contributed by atoms with Crippen LogP contribution in [0, 0.1) is 5.92 Å². The van der Waals surface area contributed by atoms with Crippen LogP contribution in [-0.2, 0) is 36.9 Å². The monoisotopic (exact) mass is 468 g/mol. The Hall–Kier alpha value is -3.68. The second-order valence-electron chi connectivity index (χ2n) is 8.22. The number of ether oxygens (including phenoxy) is 2. The van der Waals surface area contributed by atoms with Gasteiger partial charge in [0.15, 0.2) is 0 Å². The van der Waals surface area contributed by atoms with Crippen LogP contribution >= 0.6 is 0 Å². The van der Waals surface area contributed by atoms with Gasteiger partial charge in [0.05, 0.1) is 12.6 Å². The largest absolute Gasteiger partial charge is 0.460 e. The van der Waals surface area contributed by atoms with E-state index in [9.17, 15) is 19.2 Å². The van der Waals surface area contributed by atoms with E-state index in [0.29, 0.717) is 0 Å². The van der Waals surface area contributed by atoms with Crippen molar-refractivity contribution in [1.29, 1.82) is 0 Å². The minimum atomic E-state index is -1.06. The van der Waals surface area contributed by atoms with Gasteiger partial charge in [0.25, 0.3) is 5.78 Å². The van der Waals surface area contributed by atoms with Crippen molar-refractivity contribution in [3.05, 3.63) is 71.8 Å². The molecule has 2 aromatic carbocycles. The molecule has 0 saturated heterocycles. The Kier molecular flexibility index (Phi) is 10.8. The lowest BCUT2D eigenvalue weighted by atomic mass is 9.99. The van der Waals surface area contributed by atoms with Gasteiger partial charge in [-0.05, 0) is 30.4 Å². The number of carbonyl (C=O) groups excluding carboxylic acids is 4. The second kappa shape index (κ2) is 13.8. The first kappa shape index (κ1) is 26.6. The number of rotatable bonds is 12. The fourth-order valence-corrected chi connectivity index (χ4v) is 3.29. The highest BCUT2D eigenvalue weighted by atomic mass is 16.5. The van der Waals surface area contributed by atoms with E-state index in [-0.39, 0.29) is 32.0 Å². The number of nitrogens with one attached hydrogen (secondary N) is 2. The number of Topliss-reactive ketones (excluding diaryl/α,β-unsaturated/α-hetero) is 1. The number of hydrogen-bond acceptors (Lipinski definition) is 6. The van der Waals surface area contributed by atoms with Crippen molar-refractivity contribution in [1.82, 2.24) is 10.6 Å². The van der Waals surface area contributed by atoms with E-state index < -0.39 is 35.8 Å². The summed E-state index contributed by atoms with van der Waals surface area (Å²) in [7, 11) is 0. The average molecular weight is 469 g/mol. The first-order valence-corrected chi connectivity index (χ1v) is 11.3. The summed E-state index contributed by atoms with van der Waals surface area (Å²) in [5.41, 5.74) is 1.61. The molecule has 0 spiro atoms. The van der Waals surface area contributed by atoms with Crippen LogP contribution in [0.5, 0.6) is 0 Å². The molecule has 0 bridgehead atoms. The van der Waals surface area contributed by atoms with Crippen LogP contribution in [0.25, 0.3) is 0 Å². The van der Waals surface area contributed by atoms with Crippen molar-refractivity contribution in [2.24, 2.45) is 5.92 Å². The quantitative estimate of drug-likeness (QED) is 0.366. The molecule has 0 aliphatic carbocycles. The van der Waals surface area contributed by atoms with Gasteiger partial charge in [-0.3, -0.25) is 9.59 Å². The van der Waals surface area contributed by atoms with E-state index >= 15 is 0 Å². The Balaban J connectivity index is 2.13. The van der Waals surface area contributed by atoms with E-state index in [0.717, 1.165) is 11.1 Å². The molecule has 8 nitrogen and oxygen atoms in total. The number of alkyl carbamates (subject to hydrolysis) is 1. The normalized spacial score (nSPS) is 12.4. The molecule has 0 radical (unpaired) electrons. The number of ketones is 1. The zero-order valence-electron chi connectivity index (χ0n) is 19.8. The van der Waals surface area contributed by atoms with Crippen LogP contribution in [-0.4, -0.2) is 42.4 Å². The number of benzene rings is 2. The van der Waals surface area contributed by atoms with Crippen molar-refractivity contribution in [3.63, 3.8) is 0 Å². The number of hydrogen-bond donors (Lipinski definition) is 2. The van der Waals surface area contributed by atoms with E-state index in [1.165, 1.54) is 0 Å². The highest BCUT2D eigenvalue weighted by molar-refractivity contribution is 6.36. The molecular formula is C26H32N2O6. The third-order valence-corrected chi connectivity index (χ3v) is 4.92. The predicted molar refractivity (Wildman–Crippen MR) is 127 cm³/mol. The minimum Gasteiger partial charge on any atom is -0.460 e. The van der Waals surface area contributed by atoms with Crippen LogP contribution in [0.15, 0.2) is 60.7 Å². The molecule has 0 aromatic heterocycles.